The molecule has 88 valence electrons. The lowest BCUT2D eigenvalue weighted by Gasteiger charge is -2.20. The highest BCUT2D eigenvalue weighted by Crippen LogP contribution is 2.25. The van der Waals surface area contributed by atoms with Gasteiger partial charge in [0.1, 0.15) is 12.0 Å². The zero-order valence-corrected chi connectivity index (χ0v) is 9.19. The van der Waals surface area contributed by atoms with Crippen LogP contribution in [0.5, 0.6) is 0 Å². The van der Waals surface area contributed by atoms with Crippen molar-refractivity contribution in [2.24, 2.45) is 5.41 Å². The SMILES string of the molecule is CC(C)(CC(=O)O)CC(=O)Nc1cnoc1. The van der Waals surface area contributed by atoms with Crippen molar-refractivity contribution in [3.63, 3.8) is 0 Å². The van der Waals surface area contributed by atoms with Gasteiger partial charge in [-0.15, -0.1) is 0 Å². The first kappa shape index (κ1) is 12.2. The molecule has 0 fully saturated rings. The van der Waals surface area contributed by atoms with Crippen LogP contribution in [-0.4, -0.2) is 22.1 Å². The summed E-state index contributed by atoms with van der Waals surface area (Å²) in [4.78, 5) is 22.1. The number of carboxylic acid groups (broad SMARTS) is 1. The predicted octanol–water partition coefficient (Wildman–Crippen LogP) is 1.50. The van der Waals surface area contributed by atoms with E-state index in [9.17, 15) is 9.59 Å². The summed E-state index contributed by atoms with van der Waals surface area (Å²) in [5.74, 6) is -1.17. The van der Waals surface area contributed by atoms with Crippen LogP contribution < -0.4 is 5.32 Å². The van der Waals surface area contributed by atoms with Gasteiger partial charge in [-0.1, -0.05) is 19.0 Å². The van der Waals surface area contributed by atoms with Gasteiger partial charge in [-0.25, -0.2) is 0 Å². The number of anilines is 1. The third kappa shape index (κ3) is 4.12. The highest BCUT2D eigenvalue weighted by Gasteiger charge is 2.25. The number of rotatable bonds is 5. The van der Waals surface area contributed by atoms with Crippen LogP contribution in [0.3, 0.4) is 0 Å². The third-order valence-electron chi connectivity index (χ3n) is 1.98. The molecule has 0 bridgehead atoms. The second kappa shape index (κ2) is 4.78. The average Bonchev–Trinajstić information content (AvgIpc) is 2.51. The number of carbonyl (C=O) groups is 2. The summed E-state index contributed by atoms with van der Waals surface area (Å²) in [6, 6.07) is 0. The van der Waals surface area contributed by atoms with Crippen LogP contribution in [0.1, 0.15) is 26.7 Å². The zero-order valence-electron chi connectivity index (χ0n) is 9.19. The van der Waals surface area contributed by atoms with Crippen LogP contribution in [-0.2, 0) is 9.59 Å². The van der Waals surface area contributed by atoms with Gasteiger partial charge in [-0.05, 0) is 5.41 Å². The molecule has 6 heteroatoms. The van der Waals surface area contributed by atoms with Crippen LogP contribution in [0.15, 0.2) is 17.0 Å². The molecule has 0 aromatic carbocycles. The molecule has 0 aliphatic rings. The van der Waals surface area contributed by atoms with E-state index in [-0.39, 0.29) is 18.7 Å². The minimum atomic E-state index is -0.914. The maximum atomic E-state index is 11.5. The Morgan fingerprint density at radius 1 is 1.50 bits per heavy atom. The Labute approximate surface area is 92.6 Å². The first-order chi connectivity index (χ1) is 7.39. The van der Waals surface area contributed by atoms with Crippen molar-refractivity contribution >= 4 is 17.6 Å². The summed E-state index contributed by atoms with van der Waals surface area (Å²) in [6.07, 6.45) is 2.76. The molecule has 0 aliphatic carbocycles. The number of aliphatic carboxylic acids is 1. The third-order valence-corrected chi connectivity index (χ3v) is 1.98. The maximum absolute atomic E-state index is 11.5. The van der Waals surface area contributed by atoms with Crippen LogP contribution in [0.25, 0.3) is 0 Å². The summed E-state index contributed by atoms with van der Waals surface area (Å²) in [5, 5.41) is 14.7. The summed E-state index contributed by atoms with van der Waals surface area (Å²) < 4.78 is 4.55. The lowest BCUT2D eigenvalue weighted by atomic mass is 9.85. The lowest BCUT2D eigenvalue weighted by Crippen LogP contribution is -2.24. The van der Waals surface area contributed by atoms with E-state index >= 15 is 0 Å². The molecular weight excluding hydrogens is 212 g/mol. The summed E-state index contributed by atoms with van der Waals surface area (Å²) in [7, 11) is 0. The highest BCUT2D eigenvalue weighted by molar-refractivity contribution is 5.91. The second-order valence-electron chi connectivity index (χ2n) is 4.37. The first-order valence-corrected chi connectivity index (χ1v) is 4.80. The minimum absolute atomic E-state index is 0.0515. The molecule has 0 saturated carbocycles. The van der Waals surface area contributed by atoms with Crippen molar-refractivity contribution in [2.45, 2.75) is 26.7 Å². The highest BCUT2D eigenvalue weighted by atomic mass is 16.5. The van der Waals surface area contributed by atoms with E-state index < -0.39 is 11.4 Å². The largest absolute Gasteiger partial charge is 0.481 e. The van der Waals surface area contributed by atoms with Gasteiger partial charge >= 0.3 is 5.97 Å². The van der Waals surface area contributed by atoms with Gasteiger partial charge in [-0.3, -0.25) is 9.59 Å². The molecule has 0 radical (unpaired) electrons. The Balaban J connectivity index is 2.47. The minimum Gasteiger partial charge on any atom is -0.481 e. The molecule has 0 spiro atoms. The van der Waals surface area contributed by atoms with Crippen molar-refractivity contribution in [3.05, 3.63) is 12.5 Å². The van der Waals surface area contributed by atoms with Crippen molar-refractivity contribution in [3.8, 4) is 0 Å². The molecule has 6 nitrogen and oxygen atoms in total. The molecule has 16 heavy (non-hydrogen) atoms. The van der Waals surface area contributed by atoms with E-state index in [0.717, 1.165) is 0 Å². The standard InChI is InChI=1S/C10H14N2O4/c1-10(2,4-9(14)15)3-8(13)12-7-5-11-16-6-7/h5-6H,3-4H2,1-2H3,(H,12,13)(H,14,15). The van der Waals surface area contributed by atoms with Crippen molar-refractivity contribution < 1.29 is 19.2 Å². The molecule has 1 aromatic rings. The average molecular weight is 226 g/mol. The molecule has 1 aromatic heterocycles. The molecular formula is C10H14N2O4. The lowest BCUT2D eigenvalue weighted by molar-refractivity contribution is -0.139. The molecule has 1 rings (SSSR count). The zero-order chi connectivity index (χ0) is 12.2. The van der Waals surface area contributed by atoms with Gasteiger partial charge in [0.05, 0.1) is 12.6 Å². The molecule has 1 heterocycles. The van der Waals surface area contributed by atoms with Gasteiger partial charge in [-0.2, -0.15) is 0 Å². The number of carbonyl (C=O) groups excluding carboxylic acids is 1. The van der Waals surface area contributed by atoms with E-state index in [1.165, 1.54) is 12.5 Å². The molecule has 0 saturated heterocycles. The quantitative estimate of drug-likeness (QED) is 0.793. The number of nitrogens with zero attached hydrogens (tertiary/aromatic N) is 1. The van der Waals surface area contributed by atoms with Crippen LogP contribution in [0.4, 0.5) is 5.69 Å². The molecule has 2 N–H and O–H groups in total. The van der Waals surface area contributed by atoms with Gasteiger partial charge in [0.25, 0.3) is 0 Å². The Kier molecular flexibility index (Phi) is 3.65. The second-order valence-corrected chi connectivity index (χ2v) is 4.37. The summed E-state index contributed by atoms with van der Waals surface area (Å²) in [5.41, 5.74) is -0.108. The Morgan fingerprint density at radius 3 is 2.69 bits per heavy atom. The molecule has 1 amide bonds. The monoisotopic (exact) mass is 226 g/mol. The number of amides is 1. The number of aromatic nitrogens is 1. The number of carboxylic acids is 1. The molecule has 0 atom stereocenters. The van der Waals surface area contributed by atoms with E-state index in [2.05, 4.69) is 15.0 Å². The number of hydrogen-bond donors (Lipinski definition) is 2. The van der Waals surface area contributed by atoms with Crippen LogP contribution >= 0.6 is 0 Å². The normalized spacial score (nSPS) is 11.1. The van der Waals surface area contributed by atoms with Crippen molar-refractivity contribution in [1.82, 2.24) is 5.16 Å². The van der Waals surface area contributed by atoms with Crippen LogP contribution in [0.2, 0.25) is 0 Å². The molecule has 0 aliphatic heterocycles. The fraction of sp³-hybridized carbons (Fsp3) is 0.500. The van der Waals surface area contributed by atoms with Crippen molar-refractivity contribution in [2.75, 3.05) is 5.32 Å². The number of hydrogen-bond acceptors (Lipinski definition) is 4. The van der Waals surface area contributed by atoms with Gasteiger partial charge in [0.2, 0.25) is 5.91 Å². The van der Waals surface area contributed by atoms with Crippen LogP contribution in [0, 0.1) is 5.41 Å². The molecule has 0 unspecified atom stereocenters. The maximum Gasteiger partial charge on any atom is 0.303 e. The van der Waals surface area contributed by atoms with Gasteiger partial charge in [0.15, 0.2) is 0 Å². The van der Waals surface area contributed by atoms with E-state index in [0.29, 0.717) is 5.69 Å². The Morgan fingerprint density at radius 2 is 2.19 bits per heavy atom. The van der Waals surface area contributed by atoms with Gasteiger partial charge < -0.3 is 14.9 Å². The first-order valence-electron chi connectivity index (χ1n) is 4.80. The van der Waals surface area contributed by atoms with Crippen molar-refractivity contribution in [1.29, 1.82) is 0 Å². The fourth-order valence-electron chi connectivity index (χ4n) is 1.38. The van der Waals surface area contributed by atoms with E-state index in [4.69, 9.17) is 5.11 Å². The number of nitrogens with one attached hydrogen (secondary N) is 1. The topological polar surface area (TPSA) is 92.4 Å². The summed E-state index contributed by atoms with van der Waals surface area (Å²) in [6.45, 7) is 3.46. The van der Waals surface area contributed by atoms with E-state index in [1.54, 1.807) is 13.8 Å². The van der Waals surface area contributed by atoms with E-state index in [1.807, 2.05) is 0 Å². The summed E-state index contributed by atoms with van der Waals surface area (Å²) >= 11 is 0. The fourth-order valence-corrected chi connectivity index (χ4v) is 1.38. The Bertz CT molecular complexity index is 370. The smallest absolute Gasteiger partial charge is 0.303 e. The predicted molar refractivity (Wildman–Crippen MR) is 55.8 cm³/mol. The van der Waals surface area contributed by atoms with Gasteiger partial charge in [0, 0.05) is 6.42 Å². The Hall–Kier alpha value is -1.85.